The quantitative estimate of drug-likeness (QED) is 0.609. The third-order valence-electron chi connectivity index (χ3n) is 5.83. The van der Waals surface area contributed by atoms with Crippen LogP contribution in [0.3, 0.4) is 0 Å². The zero-order chi connectivity index (χ0) is 22.8. The largest absolute Gasteiger partial charge is 0.454 e. The molecule has 0 radical (unpaired) electrons. The van der Waals surface area contributed by atoms with Gasteiger partial charge in [0.05, 0.1) is 19.3 Å². The van der Waals surface area contributed by atoms with Gasteiger partial charge in [0, 0.05) is 30.7 Å². The smallest absolute Gasteiger partial charge is 0.245 e. The molecule has 5 rings (SSSR count). The number of fused-ring (bicyclic) bond motifs is 1. The molecule has 4 heterocycles. The van der Waals surface area contributed by atoms with E-state index >= 15 is 0 Å². The number of ether oxygens (including phenoxy) is 3. The molecule has 2 aliphatic heterocycles. The van der Waals surface area contributed by atoms with Crippen molar-refractivity contribution in [2.75, 3.05) is 31.5 Å². The summed E-state index contributed by atoms with van der Waals surface area (Å²) in [7, 11) is 0. The first-order valence-electron chi connectivity index (χ1n) is 11.0. The van der Waals surface area contributed by atoms with E-state index in [0.29, 0.717) is 36.4 Å². The number of carbonyl (C=O) groups excluding carboxylic acids is 1. The fraction of sp³-hybridized carbons (Fsp3) is 0.391. The molecule has 33 heavy (non-hydrogen) atoms. The standard InChI is InChI=1S/C23H26N6O4/c1-3-17-11-21(27-23(26-17)28-7-6-24-13-28)29-8-9-31-12-18(29)22(30)25-15(2)16-4-5-19-20(10-16)33-14-32-19/h4-7,10-11,13,15,18H,3,8-9,12,14H2,1-2H3,(H,25,30). The SMILES string of the molecule is CCc1cc(N2CCOCC2C(=O)NC(C)c2ccc3c(c2)OCO3)nc(-n2ccnc2)n1. The summed E-state index contributed by atoms with van der Waals surface area (Å²) in [5, 5.41) is 3.11. The molecule has 0 aliphatic carbocycles. The average molecular weight is 450 g/mol. The van der Waals surface area contributed by atoms with E-state index in [2.05, 4.69) is 15.3 Å². The lowest BCUT2D eigenvalue weighted by Gasteiger charge is -2.36. The van der Waals surface area contributed by atoms with Gasteiger partial charge in [0.2, 0.25) is 18.6 Å². The van der Waals surface area contributed by atoms with E-state index in [9.17, 15) is 4.79 Å². The van der Waals surface area contributed by atoms with Crippen molar-refractivity contribution in [3.8, 4) is 17.4 Å². The summed E-state index contributed by atoms with van der Waals surface area (Å²) in [6.07, 6.45) is 5.90. The van der Waals surface area contributed by atoms with Crippen LogP contribution in [0.2, 0.25) is 0 Å². The summed E-state index contributed by atoms with van der Waals surface area (Å²) in [6, 6.07) is 6.91. The molecule has 2 aliphatic rings. The Bertz CT molecular complexity index is 1140. The van der Waals surface area contributed by atoms with Gasteiger partial charge in [-0.2, -0.15) is 4.98 Å². The molecule has 1 amide bonds. The first-order valence-corrected chi connectivity index (χ1v) is 11.0. The molecule has 0 bridgehead atoms. The van der Waals surface area contributed by atoms with E-state index in [1.54, 1.807) is 23.3 Å². The van der Waals surface area contributed by atoms with E-state index < -0.39 is 6.04 Å². The highest BCUT2D eigenvalue weighted by Gasteiger charge is 2.32. The lowest BCUT2D eigenvalue weighted by atomic mass is 10.1. The fourth-order valence-corrected chi connectivity index (χ4v) is 3.96. The summed E-state index contributed by atoms with van der Waals surface area (Å²) < 4.78 is 18.3. The van der Waals surface area contributed by atoms with Gasteiger partial charge in [-0.3, -0.25) is 9.36 Å². The second-order valence-electron chi connectivity index (χ2n) is 7.97. The minimum absolute atomic E-state index is 0.124. The van der Waals surface area contributed by atoms with Crippen molar-refractivity contribution in [3.05, 3.63) is 54.2 Å². The number of aryl methyl sites for hydroxylation is 1. The third-order valence-corrected chi connectivity index (χ3v) is 5.83. The number of morpholine rings is 1. The number of nitrogens with zero attached hydrogens (tertiary/aromatic N) is 5. The monoisotopic (exact) mass is 450 g/mol. The minimum atomic E-state index is -0.509. The Morgan fingerprint density at radius 2 is 2.12 bits per heavy atom. The van der Waals surface area contributed by atoms with Gasteiger partial charge < -0.3 is 24.4 Å². The Hall–Kier alpha value is -3.66. The molecule has 1 N–H and O–H groups in total. The third kappa shape index (κ3) is 4.34. The number of nitrogens with one attached hydrogen (secondary N) is 1. The topological polar surface area (TPSA) is 104 Å². The number of imidazole rings is 1. The Labute approximate surface area is 191 Å². The summed E-state index contributed by atoms with van der Waals surface area (Å²) >= 11 is 0. The molecule has 172 valence electrons. The highest BCUT2D eigenvalue weighted by atomic mass is 16.7. The number of hydrogen-bond donors (Lipinski definition) is 1. The van der Waals surface area contributed by atoms with Crippen molar-refractivity contribution in [2.24, 2.45) is 0 Å². The number of rotatable bonds is 6. The van der Waals surface area contributed by atoms with Crippen molar-refractivity contribution in [3.63, 3.8) is 0 Å². The molecule has 10 heteroatoms. The van der Waals surface area contributed by atoms with Crippen LogP contribution in [0, 0.1) is 0 Å². The molecular weight excluding hydrogens is 424 g/mol. The molecule has 1 saturated heterocycles. The van der Waals surface area contributed by atoms with Gasteiger partial charge in [-0.15, -0.1) is 0 Å². The van der Waals surface area contributed by atoms with Crippen LogP contribution in [0.25, 0.3) is 5.95 Å². The van der Waals surface area contributed by atoms with Crippen molar-refractivity contribution in [1.29, 1.82) is 0 Å². The molecule has 10 nitrogen and oxygen atoms in total. The van der Waals surface area contributed by atoms with E-state index in [1.165, 1.54) is 0 Å². The maximum atomic E-state index is 13.3. The van der Waals surface area contributed by atoms with Gasteiger partial charge in [0.25, 0.3) is 0 Å². The molecule has 1 fully saturated rings. The number of benzene rings is 1. The zero-order valence-corrected chi connectivity index (χ0v) is 18.6. The van der Waals surface area contributed by atoms with Gasteiger partial charge in [0.1, 0.15) is 18.2 Å². The molecule has 0 spiro atoms. The number of amides is 1. The van der Waals surface area contributed by atoms with Crippen LogP contribution in [-0.4, -0.2) is 58.0 Å². The van der Waals surface area contributed by atoms with Crippen molar-refractivity contribution in [2.45, 2.75) is 32.4 Å². The van der Waals surface area contributed by atoms with Crippen LogP contribution in [0.15, 0.2) is 43.0 Å². The Balaban J connectivity index is 1.37. The Morgan fingerprint density at radius 3 is 2.94 bits per heavy atom. The summed E-state index contributed by atoms with van der Waals surface area (Å²) in [5.41, 5.74) is 1.83. The second kappa shape index (κ2) is 9.07. The highest BCUT2D eigenvalue weighted by Crippen LogP contribution is 2.34. The Morgan fingerprint density at radius 1 is 1.24 bits per heavy atom. The van der Waals surface area contributed by atoms with Gasteiger partial charge in [-0.05, 0) is 31.0 Å². The molecule has 2 unspecified atom stereocenters. The van der Waals surface area contributed by atoms with Crippen molar-refractivity contribution in [1.82, 2.24) is 24.8 Å². The van der Waals surface area contributed by atoms with E-state index in [1.807, 2.05) is 43.0 Å². The zero-order valence-electron chi connectivity index (χ0n) is 18.6. The van der Waals surface area contributed by atoms with Crippen molar-refractivity contribution >= 4 is 11.7 Å². The maximum absolute atomic E-state index is 13.3. The maximum Gasteiger partial charge on any atom is 0.245 e. The van der Waals surface area contributed by atoms with Gasteiger partial charge in [0.15, 0.2) is 11.5 Å². The van der Waals surface area contributed by atoms with Crippen molar-refractivity contribution < 1.29 is 19.0 Å². The number of carbonyl (C=O) groups is 1. The van der Waals surface area contributed by atoms with Crippen LogP contribution in [0.5, 0.6) is 11.5 Å². The van der Waals surface area contributed by atoms with Gasteiger partial charge >= 0.3 is 0 Å². The predicted octanol–water partition coefficient (Wildman–Crippen LogP) is 2.04. The highest BCUT2D eigenvalue weighted by molar-refractivity contribution is 5.85. The van der Waals surface area contributed by atoms with Gasteiger partial charge in [-0.25, -0.2) is 9.97 Å². The lowest BCUT2D eigenvalue weighted by Crippen LogP contribution is -2.54. The summed E-state index contributed by atoms with van der Waals surface area (Å²) in [5.74, 6) is 2.51. The fourth-order valence-electron chi connectivity index (χ4n) is 3.96. The van der Waals surface area contributed by atoms with Crippen LogP contribution >= 0.6 is 0 Å². The van der Waals surface area contributed by atoms with Crippen LogP contribution < -0.4 is 19.7 Å². The number of aromatic nitrogens is 4. The molecule has 0 saturated carbocycles. The van der Waals surface area contributed by atoms with Crippen LogP contribution in [-0.2, 0) is 16.0 Å². The first-order chi connectivity index (χ1) is 16.1. The van der Waals surface area contributed by atoms with E-state index in [-0.39, 0.29) is 25.3 Å². The Kier molecular flexibility index (Phi) is 5.82. The molecule has 3 aromatic rings. The number of hydrogen-bond acceptors (Lipinski definition) is 8. The average Bonchev–Trinajstić information content (AvgIpc) is 3.55. The minimum Gasteiger partial charge on any atom is -0.454 e. The van der Waals surface area contributed by atoms with Crippen LogP contribution in [0.1, 0.15) is 31.1 Å². The normalized spacial score (nSPS) is 18.2. The molecule has 1 aromatic carbocycles. The number of anilines is 1. The lowest BCUT2D eigenvalue weighted by molar-refractivity contribution is -0.125. The summed E-state index contributed by atoms with van der Waals surface area (Å²) in [4.78, 5) is 28.7. The molecular formula is C23H26N6O4. The van der Waals surface area contributed by atoms with E-state index in [4.69, 9.17) is 19.2 Å². The van der Waals surface area contributed by atoms with Gasteiger partial charge in [-0.1, -0.05) is 13.0 Å². The second-order valence-corrected chi connectivity index (χ2v) is 7.97. The van der Waals surface area contributed by atoms with Crippen LogP contribution in [0.4, 0.5) is 5.82 Å². The summed E-state index contributed by atoms with van der Waals surface area (Å²) in [6.45, 7) is 5.56. The predicted molar refractivity (Wildman–Crippen MR) is 120 cm³/mol. The molecule has 2 aromatic heterocycles. The first kappa shape index (κ1) is 21.2. The van der Waals surface area contributed by atoms with E-state index in [0.717, 1.165) is 17.7 Å². The molecule has 2 atom stereocenters.